The Kier molecular flexibility index (Phi) is 3.43. The topological polar surface area (TPSA) is 64.4 Å². The molecule has 0 amide bonds. The van der Waals surface area contributed by atoms with E-state index >= 15 is 0 Å². The number of aryl methyl sites for hydroxylation is 1. The monoisotopic (exact) mass is 252 g/mol. The molecule has 6 heteroatoms. The van der Waals surface area contributed by atoms with E-state index in [0.29, 0.717) is 17.2 Å². The van der Waals surface area contributed by atoms with Crippen LogP contribution in [-0.2, 0) is 13.5 Å². The first kappa shape index (κ1) is 11.7. The molecule has 0 spiro atoms. The Morgan fingerprint density at radius 3 is 3.06 bits per heavy atom. The Balaban J connectivity index is 1.86. The van der Waals surface area contributed by atoms with Crippen molar-refractivity contribution in [2.45, 2.75) is 6.42 Å². The number of ether oxygens (including phenoxy) is 1. The quantitative estimate of drug-likeness (QED) is 0.881. The summed E-state index contributed by atoms with van der Waals surface area (Å²) in [6.45, 7) is 0.509. The van der Waals surface area contributed by atoms with E-state index in [0.717, 1.165) is 12.1 Å². The van der Waals surface area contributed by atoms with Crippen molar-refractivity contribution >= 4 is 17.3 Å². The predicted octanol–water partition coefficient (Wildman–Crippen LogP) is 1.80. The van der Waals surface area contributed by atoms with E-state index in [4.69, 9.17) is 9.84 Å². The number of carboxylic acid groups (broad SMARTS) is 1. The summed E-state index contributed by atoms with van der Waals surface area (Å²) in [7, 11) is 1.88. The molecule has 0 radical (unpaired) electrons. The molecule has 0 aliphatic rings. The highest BCUT2D eigenvalue weighted by Gasteiger charge is 2.07. The van der Waals surface area contributed by atoms with Crippen molar-refractivity contribution in [3.63, 3.8) is 0 Å². The molecule has 0 bridgehead atoms. The number of carbonyl (C=O) groups is 1. The second-order valence-corrected chi connectivity index (χ2v) is 4.41. The molecule has 2 aromatic rings. The summed E-state index contributed by atoms with van der Waals surface area (Å²) in [6.07, 6.45) is 2.48. The maximum Gasteiger partial charge on any atom is 0.346 e. The molecule has 5 nitrogen and oxygen atoms in total. The van der Waals surface area contributed by atoms with Gasteiger partial charge in [0.1, 0.15) is 10.6 Å². The molecule has 0 aliphatic carbocycles. The lowest BCUT2D eigenvalue weighted by Crippen LogP contribution is -2.05. The van der Waals surface area contributed by atoms with Gasteiger partial charge in [0.25, 0.3) is 0 Å². The molecule has 2 rings (SSSR count). The summed E-state index contributed by atoms with van der Waals surface area (Å²) in [5.41, 5.74) is 1.08. The van der Waals surface area contributed by atoms with Gasteiger partial charge in [0, 0.05) is 36.8 Å². The number of rotatable bonds is 5. The van der Waals surface area contributed by atoms with E-state index in [1.165, 1.54) is 17.4 Å². The second-order valence-electron chi connectivity index (χ2n) is 3.50. The molecule has 2 heterocycles. The van der Waals surface area contributed by atoms with Crippen molar-refractivity contribution in [3.05, 3.63) is 34.3 Å². The average molecular weight is 252 g/mol. The Morgan fingerprint density at radius 2 is 2.47 bits per heavy atom. The van der Waals surface area contributed by atoms with E-state index in [1.54, 1.807) is 16.3 Å². The van der Waals surface area contributed by atoms with Crippen LogP contribution in [-0.4, -0.2) is 27.5 Å². The average Bonchev–Trinajstić information content (AvgIpc) is 2.89. The van der Waals surface area contributed by atoms with Gasteiger partial charge in [-0.25, -0.2) is 4.79 Å². The number of hydrogen-bond donors (Lipinski definition) is 1. The normalized spacial score (nSPS) is 10.4. The van der Waals surface area contributed by atoms with Crippen LogP contribution in [0.2, 0.25) is 0 Å². The molecule has 0 aromatic carbocycles. The maximum absolute atomic E-state index is 10.7. The summed E-state index contributed by atoms with van der Waals surface area (Å²) < 4.78 is 7.26. The molecule has 0 fully saturated rings. The second kappa shape index (κ2) is 5.01. The van der Waals surface area contributed by atoms with Crippen LogP contribution in [0.1, 0.15) is 15.4 Å². The summed E-state index contributed by atoms with van der Waals surface area (Å²) in [4.78, 5) is 11.0. The maximum atomic E-state index is 10.7. The highest BCUT2D eigenvalue weighted by atomic mass is 32.1. The molecule has 2 aromatic heterocycles. The van der Waals surface area contributed by atoms with E-state index in [2.05, 4.69) is 5.10 Å². The zero-order valence-electron chi connectivity index (χ0n) is 9.29. The first-order valence-electron chi connectivity index (χ1n) is 5.08. The molecule has 0 saturated carbocycles. The lowest BCUT2D eigenvalue weighted by molar-refractivity contribution is 0.0702. The van der Waals surface area contributed by atoms with Crippen LogP contribution in [0.4, 0.5) is 0 Å². The minimum Gasteiger partial charge on any atom is -0.492 e. The van der Waals surface area contributed by atoms with Crippen molar-refractivity contribution in [2.75, 3.05) is 6.61 Å². The van der Waals surface area contributed by atoms with E-state index in [1.807, 2.05) is 13.1 Å². The van der Waals surface area contributed by atoms with Crippen LogP contribution in [0.5, 0.6) is 5.75 Å². The molecule has 17 heavy (non-hydrogen) atoms. The number of nitrogens with zero attached hydrogens (tertiary/aromatic N) is 2. The molecule has 0 saturated heterocycles. The zero-order chi connectivity index (χ0) is 12.3. The molecule has 90 valence electrons. The lowest BCUT2D eigenvalue weighted by atomic mass is 10.3. The van der Waals surface area contributed by atoms with Gasteiger partial charge in [-0.1, -0.05) is 0 Å². The number of hydrogen-bond acceptors (Lipinski definition) is 4. The van der Waals surface area contributed by atoms with E-state index < -0.39 is 5.97 Å². The predicted molar refractivity (Wildman–Crippen MR) is 63.7 cm³/mol. The van der Waals surface area contributed by atoms with Crippen molar-refractivity contribution < 1.29 is 14.6 Å². The fourth-order valence-electron chi connectivity index (χ4n) is 1.43. The third-order valence-electron chi connectivity index (χ3n) is 2.34. The fourth-order valence-corrected chi connectivity index (χ4v) is 2.09. The molecule has 0 atom stereocenters. The van der Waals surface area contributed by atoms with Crippen molar-refractivity contribution in [3.8, 4) is 5.75 Å². The van der Waals surface area contributed by atoms with Gasteiger partial charge >= 0.3 is 5.97 Å². The van der Waals surface area contributed by atoms with E-state index in [9.17, 15) is 4.79 Å². The van der Waals surface area contributed by atoms with Gasteiger partial charge in [-0.2, -0.15) is 5.10 Å². The summed E-state index contributed by atoms with van der Waals surface area (Å²) in [5.74, 6) is -0.314. The Labute approximate surface area is 102 Å². The first-order chi connectivity index (χ1) is 8.16. The van der Waals surface area contributed by atoms with Gasteiger partial charge in [0.05, 0.1) is 6.61 Å². The van der Waals surface area contributed by atoms with Crippen LogP contribution >= 0.6 is 11.3 Å². The number of carboxylic acids is 1. The van der Waals surface area contributed by atoms with E-state index in [-0.39, 0.29) is 0 Å². The van der Waals surface area contributed by atoms with Crippen LogP contribution in [0.25, 0.3) is 0 Å². The number of thiophene rings is 1. The SMILES string of the molecule is Cn1nccc1CCOc1csc(C(=O)O)c1. The minimum absolute atomic E-state index is 0.292. The highest BCUT2D eigenvalue weighted by Crippen LogP contribution is 2.21. The van der Waals surface area contributed by atoms with Gasteiger partial charge in [-0.15, -0.1) is 11.3 Å². The smallest absolute Gasteiger partial charge is 0.346 e. The van der Waals surface area contributed by atoms with Gasteiger partial charge in [-0.3, -0.25) is 4.68 Å². The van der Waals surface area contributed by atoms with Gasteiger partial charge < -0.3 is 9.84 Å². The van der Waals surface area contributed by atoms with Gasteiger partial charge in [-0.05, 0) is 6.07 Å². The first-order valence-corrected chi connectivity index (χ1v) is 5.96. The van der Waals surface area contributed by atoms with Crippen molar-refractivity contribution in [2.24, 2.45) is 7.05 Å². The van der Waals surface area contributed by atoms with Crippen LogP contribution < -0.4 is 4.74 Å². The third kappa shape index (κ3) is 2.85. The standard InChI is InChI=1S/C11H12N2O3S/c1-13-8(2-4-12-13)3-5-16-9-6-10(11(14)15)17-7-9/h2,4,6-7H,3,5H2,1H3,(H,14,15). The highest BCUT2D eigenvalue weighted by molar-refractivity contribution is 7.12. The summed E-state index contributed by atoms with van der Waals surface area (Å²) in [6, 6.07) is 3.47. The molecule has 0 aliphatic heterocycles. The minimum atomic E-state index is -0.920. The van der Waals surface area contributed by atoms with Gasteiger partial charge in [0.15, 0.2) is 0 Å². The fraction of sp³-hybridized carbons (Fsp3) is 0.273. The van der Waals surface area contributed by atoms with Crippen LogP contribution in [0, 0.1) is 0 Å². The number of aromatic carboxylic acids is 1. The molecule has 0 unspecified atom stereocenters. The molecule has 1 N–H and O–H groups in total. The summed E-state index contributed by atoms with van der Waals surface area (Å²) in [5, 5.41) is 14.5. The third-order valence-corrected chi connectivity index (χ3v) is 3.23. The Bertz CT molecular complexity index is 518. The summed E-state index contributed by atoms with van der Waals surface area (Å²) >= 11 is 1.17. The zero-order valence-corrected chi connectivity index (χ0v) is 10.1. The molecular weight excluding hydrogens is 240 g/mol. The van der Waals surface area contributed by atoms with Crippen molar-refractivity contribution in [1.29, 1.82) is 0 Å². The Morgan fingerprint density at radius 1 is 1.65 bits per heavy atom. The largest absolute Gasteiger partial charge is 0.492 e. The lowest BCUT2D eigenvalue weighted by Gasteiger charge is -2.03. The van der Waals surface area contributed by atoms with Crippen molar-refractivity contribution in [1.82, 2.24) is 9.78 Å². The van der Waals surface area contributed by atoms with Crippen LogP contribution in [0.3, 0.4) is 0 Å². The van der Waals surface area contributed by atoms with Gasteiger partial charge in [0.2, 0.25) is 0 Å². The number of aromatic nitrogens is 2. The Hall–Kier alpha value is -1.82. The van der Waals surface area contributed by atoms with Crippen LogP contribution in [0.15, 0.2) is 23.7 Å². The molecular formula is C11H12N2O3S.